The number of imidazole rings is 1. The van der Waals surface area contributed by atoms with Crippen molar-refractivity contribution in [2.24, 2.45) is 0 Å². The summed E-state index contributed by atoms with van der Waals surface area (Å²) in [5.74, 6) is 0. The van der Waals surface area contributed by atoms with Crippen LogP contribution in [-0.4, -0.2) is 56.3 Å². The molecule has 0 aliphatic carbocycles. The van der Waals surface area contributed by atoms with E-state index in [0.717, 1.165) is 13.0 Å². The first kappa shape index (κ1) is 16.5. The minimum atomic E-state index is -2.70. The Morgan fingerprint density at radius 3 is 2.32 bits per heavy atom. The third-order valence-corrected chi connectivity index (χ3v) is 7.93. The second kappa shape index (κ2) is 8.58. The standard InChI is InChI=1S/C10H22N2O5Si2/c1-13-18(14-2)17-19(15-3,16-4)9-5-7-12-8-6-11-10-12/h6,8,10,18H,5,7,9H2,1-4H3. The summed E-state index contributed by atoms with van der Waals surface area (Å²) in [6, 6.07) is 0.703. The normalized spacial score (nSPS) is 12.3. The minimum Gasteiger partial charge on any atom is -0.380 e. The molecule has 0 atom stereocenters. The van der Waals surface area contributed by atoms with Gasteiger partial charge in [-0.25, -0.2) is 4.98 Å². The number of nitrogens with zero attached hydrogens (tertiary/aromatic N) is 2. The zero-order valence-corrected chi connectivity index (χ0v) is 14.0. The van der Waals surface area contributed by atoms with Crippen molar-refractivity contribution in [3.63, 3.8) is 0 Å². The van der Waals surface area contributed by atoms with Gasteiger partial charge < -0.3 is 26.4 Å². The summed E-state index contributed by atoms with van der Waals surface area (Å²) in [6.45, 7) is 0.844. The third-order valence-electron chi connectivity index (χ3n) is 2.74. The topological polar surface area (TPSA) is 64.0 Å². The van der Waals surface area contributed by atoms with Crippen LogP contribution in [0.3, 0.4) is 0 Å². The molecule has 0 amide bonds. The summed E-state index contributed by atoms with van der Waals surface area (Å²) in [4.78, 5) is 4.00. The first-order valence-electron chi connectivity index (χ1n) is 5.99. The van der Waals surface area contributed by atoms with Gasteiger partial charge in [0.05, 0.1) is 6.33 Å². The lowest BCUT2D eigenvalue weighted by molar-refractivity contribution is 0.108. The van der Waals surface area contributed by atoms with Gasteiger partial charge in [0.1, 0.15) is 0 Å². The Morgan fingerprint density at radius 1 is 1.16 bits per heavy atom. The molecule has 0 saturated carbocycles. The summed E-state index contributed by atoms with van der Waals surface area (Å²) < 4.78 is 29.1. The lowest BCUT2D eigenvalue weighted by Crippen LogP contribution is -2.49. The van der Waals surface area contributed by atoms with Crippen LogP contribution in [0.25, 0.3) is 0 Å². The maximum atomic E-state index is 5.82. The molecule has 0 fully saturated rings. The van der Waals surface area contributed by atoms with Crippen LogP contribution in [0.4, 0.5) is 0 Å². The van der Waals surface area contributed by atoms with E-state index in [1.54, 1.807) is 41.0 Å². The Kier molecular flexibility index (Phi) is 7.45. The Labute approximate surface area is 116 Å². The van der Waals surface area contributed by atoms with Gasteiger partial charge in [-0.05, 0) is 6.42 Å². The van der Waals surface area contributed by atoms with E-state index in [1.807, 2.05) is 10.8 Å². The lowest BCUT2D eigenvalue weighted by Gasteiger charge is -2.29. The highest BCUT2D eigenvalue weighted by Gasteiger charge is 2.42. The molecule has 0 radical (unpaired) electrons. The molecule has 1 heterocycles. The van der Waals surface area contributed by atoms with Gasteiger partial charge in [0.15, 0.2) is 0 Å². The van der Waals surface area contributed by atoms with Crippen molar-refractivity contribution in [1.82, 2.24) is 9.55 Å². The molecule has 1 aromatic rings. The van der Waals surface area contributed by atoms with Crippen molar-refractivity contribution < 1.29 is 21.8 Å². The van der Waals surface area contributed by atoms with Crippen LogP contribution < -0.4 is 0 Å². The number of hydrogen-bond donors (Lipinski definition) is 0. The molecule has 0 aromatic carbocycles. The highest BCUT2D eigenvalue weighted by Crippen LogP contribution is 2.18. The number of rotatable bonds is 10. The fourth-order valence-electron chi connectivity index (χ4n) is 1.68. The number of hydrogen-bond acceptors (Lipinski definition) is 6. The van der Waals surface area contributed by atoms with E-state index < -0.39 is 18.3 Å². The Bertz CT molecular complexity index is 331. The molecule has 0 N–H and O–H groups in total. The average Bonchev–Trinajstić information content (AvgIpc) is 2.96. The van der Waals surface area contributed by atoms with Gasteiger partial charge in [-0.3, -0.25) is 0 Å². The quantitative estimate of drug-likeness (QED) is 0.588. The second-order valence-electron chi connectivity index (χ2n) is 3.87. The highest BCUT2D eigenvalue weighted by molar-refractivity contribution is 6.67. The van der Waals surface area contributed by atoms with Gasteiger partial charge in [-0.2, -0.15) is 0 Å². The van der Waals surface area contributed by atoms with E-state index in [2.05, 4.69) is 4.98 Å². The van der Waals surface area contributed by atoms with E-state index >= 15 is 0 Å². The molecule has 0 aliphatic heterocycles. The van der Waals surface area contributed by atoms with Crippen LogP contribution in [0.1, 0.15) is 6.42 Å². The summed E-state index contributed by atoms with van der Waals surface area (Å²) in [5, 5.41) is 0. The molecule has 0 saturated heterocycles. The molecule has 110 valence electrons. The Balaban J connectivity index is 2.50. The van der Waals surface area contributed by atoms with Crippen molar-refractivity contribution >= 4 is 18.3 Å². The molecule has 1 aromatic heterocycles. The van der Waals surface area contributed by atoms with Crippen LogP contribution >= 0.6 is 0 Å². The van der Waals surface area contributed by atoms with Crippen LogP contribution in [0.15, 0.2) is 18.7 Å². The molecular weight excluding hydrogens is 284 g/mol. The number of aromatic nitrogens is 2. The highest BCUT2D eigenvalue weighted by atomic mass is 28.4. The van der Waals surface area contributed by atoms with E-state index in [4.69, 9.17) is 21.8 Å². The zero-order chi connectivity index (χ0) is 14.1. The predicted molar refractivity (Wildman–Crippen MR) is 73.7 cm³/mol. The monoisotopic (exact) mass is 306 g/mol. The molecule has 0 unspecified atom stereocenters. The fourth-order valence-corrected chi connectivity index (χ4v) is 6.22. The smallest absolute Gasteiger partial charge is 0.380 e. The molecule has 7 nitrogen and oxygen atoms in total. The lowest BCUT2D eigenvalue weighted by atomic mass is 10.5. The third kappa shape index (κ3) is 5.14. The summed E-state index contributed by atoms with van der Waals surface area (Å²) in [5.41, 5.74) is 0. The Hall–Kier alpha value is -0.556. The first-order valence-corrected chi connectivity index (χ1v) is 9.33. The summed E-state index contributed by atoms with van der Waals surface area (Å²) >= 11 is 0. The maximum absolute atomic E-state index is 5.82. The van der Waals surface area contributed by atoms with Crippen LogP contribution in [0.5, 0.6) is 0 Å². The molecule has 0 bridgehead atoms. The van der Waals surface area contributed by atoms with Crippen molar-refractivity contribution in [2.45, 2.75) is 19.0 Å². The van der Waals surface area contributed by atoms with Crippen LogP contribution in [-0.2, 0) is 28.4 Å². The SMILES string of the molecule is CO[SiH](OC)O[Si](CCCn1ccnc1)(OC)OC. The van der Waals surface area contributed by atoms with Gasteiger partial charge in [-0.1, -0.05) is 0 Å². The van der Waals surface area contributed by atoms with E-state index in [9.17, 15) is 0 Å². The second-order valence-corrected chi connectivity index (χ2v) is 9.02. The predicted octanol–water partition coefficient (Wildman–Crippen LogP) is 0.531. The first-order chi connectivity index (χ1) is 9.19. The summed E-state index contributed by atoms with van der Waals surface area (Å²) in [7, 11) is 1.47. The molecular formula is C10H22N2O5Si2. The molecule has 9 heteroatoms. The van der Waals surface area contributed by atoms with Crippen molar-refractivity contribution in [3.05, 3.63) is 18.7 Å². The van der Waals surface area contributed by atoms with Gasteiger partial charge in [0.25, 0.3) is 0 Å². The van der Waals surface area contributed by atoms with Crippen LogP contribution in [0, 0.1) is 0 Å². The molecule has 0 aliphatic rings. The van der Waals surface area contributed by atoms with E-state index in [1.165, 1.54) is 0 Å². The van der Waals surface area contributed by atoms with Gasteiger partial charge in [0, 0.05) is 53.4 Å². The van der Waals surface area contributed by atoms with Crippen LogP contribution in [0.2, 0.25) is 6.04 Å². The zero-order valence-electron chi connectivity index (χ0n) is 11.9. The minimum absolute atomic E-state index is 0.703. The maximum Gasteiger partial charge on any atom is 0.492 e. The van der Waals surface area contributed by atoms with Gasteiger partial charge in [0.2, 0.25) is 0 Å². The van der Waals surface area contributed by atoms with E-state index in [-0.39, 0.29) is 0 Å². The summed E-state index contributed by atoms with van der Waals surface area (Å²) in [6.07, 6.45) is 6.34. The van der Waals surface area contributed by atoms with Crippen molar-refractivity contribution in [3.8, 4) is 0 Å². The Morgan fingerprint density at radius 2 is 1.84 bits per heavy atom. The van der Waals surface area contributed by atoms with E-state index in [0.29, 0.717) is 6.04 Å². The fraction of sp³-hybridized carbons (Fsp3) is 0.700. The molecule has 1 rings (SSSR count). The molecule has 19 heavy (non-hydrogen) atoms. The average molecular weight is 306 g/mol. The van der Waals surface area contributed by atoms with Crippen molar-refractivity contribution in [2.75, 3.05) is 28.4 Å². The van der Waals surface area contributed by atoms with Gasteiger partial charge in [-0.15, -0.1) is 0 Å². The van der Waals surface area contributed by atoms with Crippen molar-refractivity contribution in [1.29, 1.82) is 0 Å². The largest absolute Gasteiger partial charge is 0.492 e. The number of aryl methyl sites for hydroxylation is 1. The van der Waals surface area contributed by atoms with Gasteiger partial charge >= 0.3 is 18.3 Å². The molecule has 0 spiro atoms.